The molecule has 1 aliphatic rings. The maximum absolute atomic E-state index is 13.1. The van der Waals surface area contributed by atoms with E-state index in [-0.39, 0.29) is 17.1 Å². The summed E-state index contributed by atoms with van der Waals surface area (Å²) in [6.45, 7) is 0.301. The van der Waals surface area contributed by atoms with Crippen LogP contribution in [-0.2, 0) is 16.0 Å². The highest BCUT2D eigenvalue weighted by Gasteiger charge is 2.45. The Morgan fingerprint density at radius 1 is 0.969 bits per heavy atom. The third-order valence-corrected chi connectivity index (χ3v) is 5.58. The summed E-state index contributed by atoms with van der Waals surface area (Å²) in [7, 11) is 1.51. The van der Waals surface area contributed by atoms with Gasteiger partial charge in [0.15, 0.2) is 0 Å². The molecule has 1 unspecified atom stereocenters. The van der Waals surface area contributed by atoms with E-state index in [2.05, 4.69) is 0 Å². The van der Waals surface area contributed by atoms with Gasteiger partial charge < -0.3 is 19.8 Å². The molecule has 0 aromatic heterocycles. The first-order valence-electron chi connectivity index (χ1n) is 10.3. The highest BCUT2D eigenvalue weighted by atomic mass is 16.5. The molecule has 2 N–H and O–H groups in total. The quantitative estimate of drug-likeness (QED) is 0.351. The number of carbonyl (C=O) groups excluding carboxylic acids is 2. The van der Waals surface area contributed by atoms with E-state index in [4.69, 9.17) is 4.74 Å². The van der Waals surface area contributed by atoms with Gasteiger partial charge in [-0.3, -0.25) is 9.59 Å². The van der Waals surface area contributed by atoms with Gasteiger partial charge in [0, 0.05) is 12.1 Å². The zero-order valence-electron chi connectivity index (χ0n) is 17.6. The number of amides is 1. The van der Waals surface area contributed by atoms with Gasteiger partial charge in [-0.05, 0) is 41.8 Å². The molecule has 0 bridgehead atoms. The molecular formula is C26H23NO5. The van der Waals surface area contributed by atoms with Crippen molar-refractivity contribution in [3.63, 3.8) is 0 Å². The van der Waals surface area contributed by atoms with Crippen LogP contribution in [0.25, 0.3) is 5.76 Å². The summed E-state index contributed by atoms with van der Waals surface area (Å²) in [6, 6.07) is 21.9. The normalized spacial score (nSPS) is 17.5. The first kappa shape index (κ1) is 21.2. The first-order chi connectivity index (χ1) is 15.5. The number of phenols is 1. The van der Waals surface area contributed by atoms with Gasteiger partial charge >= 0.3 is 0 Å². The van der Waals surface area contributed by atoms with E-state index in [9.17, 15) is 19.8 Å². The number of carbonyl (C=O) groups is 2. The fourth-order valence-electron chi connectivity index (χ4n) is 3.93. The number of hydrogen-bond acceptors (Lipinski definition) is 5. The summed E-state index contributed by atoms with van der Waals surface area (Å²) in [5, 5.41) is 20.8. The number of hydrogen-bond donors (Lipinski definition) is 2. The molecule has 4 rings (SSSR count). The number of Topliss-reactive ketones (excluding diaryl/α,β-unsaturated/α-hetero) is 1. The van der Waals surface area contributed by atoms with Crippen molar-refractivity contribution >= 4 is 17.4 Å². The van der Waals surface area contributed by atoms with E-state index in [1.165, 1.54) is 24.1 Å². The van der Waals surface area contributed by atoms with Crippen LogP contribution in [-0.4, -0.2) is 40.5 Å². The Hall–Kier alpha value is -4.06. The molecule has 1 saturated heterocycles. The average molecular weight is 429 g/mol. The molecule has 32 heavy (non-hydrogen) atoms. The predicted octanol–water partition coefficient (Wildman–Crippen LogP) is 4.07. The summed E-state index contributed by atoms with van der Waals surface area (Å²) in [6.07, 6.45) is 0.557. The number of benzene rings is 3. The minimum absolute atomic E-state index is 0.0157. The number of nitrogens with zero attached hydrogens (tertiary/aromatic N) is 1. The third kappa shape index (κ3) is 4.07. The fourth-order valence-corrected chi connectivity index (χ4v) is 3.93. The number of phenolic OH excluding ortho intramolecular Hbond substituents is 1. The largest absolute Gasteiger partial charge is 0.508 e. The summed E-state index contributed by atoms with van der Waals surface area (Å²) < 4.78 is 5.23. The third-order valence-electron chi connectivity index (χ3n) is 5.58. The van der Waals surface area contributed by atoms with Crippen molar-refractivity contribution < 1.29 is 24.5 Å². The summed E-state index contributed by atoms with van der Waals surface area (Å²) in [5.41, 5.74) is 2.06. The van der Waals surface area contributed by atoms with Crippen molar-refractivity contribution in [3.8, 4) is 11.5 Å². The number of ketones is 1. The van der Waals surface area contributed by atoms with Crippen LogP contribution < -0.4 is 4.74 Å². The van der Waals surface area contributed by atoms with Gasteiger partial charge in [0.05, 0.1) is 18.7 Å². The van der Waals surface area contributed by atoms with Crippen LogP contribution in [0.5, 0.6) is 11.5 Å². The second-order valence-corrected chi connectivity index (χ2v) is 7.55. The van der Waals surface area contributed by atoms with E-state index in [0.717, 1.165) is 5.56 Å². The standard InChI is InChI=1S/C26H23NO5/c1-32-21-9-5-8-19(16-21)24(29)22-23(18-10-12-20(28)13-11-18)27(26(31)25(22)30)15-14-17-6-3-2-4-7-17/h2-13,16,23,28-29H,14-15H2,1H3/b24-22-. The Labute approximate surface area is 186 Å². The van der Waals surface area contributed by atoms with Gasteiger partial charge in [0.25, 0.3) is 11.7 Å². The number of aliphatic hydroxyl groups is 1. The van der Waals surface area contributed by atoms with Crippen LogP contribution in [0.4, 0.5) is 0 Å². The van der Waals surface area contributed by atoms with E-state index in [1.54, 1.807) is 36.4 Å². The lowest BCUT2D eigenvalue weighted by Crippen LogP contribution is -2.31. The molecule has 0 radical (unpaired) electrons. The average Bonchev–Trinajstić information content (AvgIpc) is 3.08. The molecule has 0 spiro atoms. The maximum atomic E-state index is 13.1. The molecule has 3 aromatic carbocycles. The van der Waals surface area contributed by atoms with Gasteiger partial charge in [-0.25, -0.2) is 0 Å². The minimum Gasteiger partial charge on any atom is -0.508 e. The summed E-state index contributed by atoms with van der Waals surface area (Å²) >= 11 is 0. The molecule has 1 amide bonds. The van der Waals surface area contributed by atoms with Crippen molar-refractivity contribution in [1.82, 2.24) is 4.90 Å². The Bertz CT molecular complexity index is 1170. The van der Waals surface area contributed by atoms with Gasteiger partial charge in [-0.1, -0.05) is 54.6 Å². The predicted molar refractivity (Wildman–Crippen MR) is 120 cm³/mol. The fraction of sp³-hybridized carbons (Fsp3) is 0.154. The van der Waals surface area contributed by atoms with Crippen LogP contribution in [0.3, 0.4) is 0 Å². The Balaban J connectivity index is 1.79. The maximum Gasteiger partial charge on any atom is 0.295 e. The number of ether oxygens (including phenoxy) is 1. The van der Waals surface area contributed by atoms with Gasteiger partial charge in [-0.15, -0.1) is 0 Å². The van der Waals surface area contributed by atoms with Crippen molar-refractivity contribution in [2.75, 3.05) is 13.7 Å². The number of methoxy groups -OCH3 is 1. The van der Waals surface area contributed by atoms with Crippen LogP contribution in [0.1, 0.15) is 22.7 Å². The molecule has 0 aliphatic carbocycles. The van der Waals surface area contributed by atoms with Crippen LogP contribution in [0, 0.1) is 0 Å². The Kier molecular flexibility index (Phi) is 5.94. The van der Waals surface area contributed by atoms with Crippen LogP contribution in [0.15, 0.2) is 84.4 Å². The van der Waals surface area contributed by atoms with E-state index < -0.39 is 17.7 Å². The monoisotopic (exact) mass is 429 g/mol. The molecule has 1 atom stereocenters. The molecule has 162 valence electrons. The topological polar surface area (TPSA) is 87.1 Å². The Morgan fingerprint density at radius 3 is 2.38 bits per heavy atom. The van der Waals surface area contributed by atoms with Gasteiger partial charge in [0.1, 0.15) is 17.3 Å². The SMILES string of the molecule is COc1cccc(/C(O)=C2/C(=O)C(=O)N(CCc3ccccc3)C2c2ccc(O)cc2)c1. The van der Waals surface area contributed by atoms with E-state index >= 15 is 0 Å². The highest BCUT2D eigenvalue weighted by molar-refractivity contribution is 6.46. The zero-order chi connectivity index (χ0) is 22.7. The molecular weight excluding hydrogens is 406 g/mol. The molecule has 6 nitrogen and oxygen atoms in total. The highest BCUT2D eigenvalue weighted by Crippen LogP contribution is 2.40. The molecule has 1 aliphatic heterocycles. The lowest BCUT2D eigenvalue weighted by atomic mass is 9.95. The van der Waals surface area contributed by atoms with E-state index in [1.807, 2.05) is 30.3 Å². The molecule has 1 heterocycles. The van der Waals surface area contributed by atoms with Crippen molar-refractivity contribution in [1.29, 1.82) is 0 Å². The number of aliphatic hydroxyl groups excluding tert-OH is 1. The second kappa shape index (κ2) is 8.98. The lowest BCUT2D eigenvalue weighted by molar-refractivity contribution is -0.139. The lowest BCUT2D eigenvalue weighted by Gasteiger charge is -2.25. The van der Waals surface area contributed by atoms with E-state index in [0.29, 0.717) is 29.8 Å². The summed E-state index contributed by atoms with van der Waals surface area (Å²) in [5.74, 6) is -1.07. The number of aromatic hydroxyl groups is 1. The van der Waals surface area contributed by atoms with Gasteiger partial charge in [0.2, 0.25) is 0 Å². The Morgan fingerprint density at radius 2 is 1.69 bits per heavy atom. The molecule has 3 aromatic rings. The van der Waals surface area contributed by atoms with Gasteiger partial charge in [-0.2, -0.15) is 0 Å². The summed E-state index contributed by atoms with van der Waals surface area (Å²) in [4.78, 5) is 27.5. The zero-order valence-corrected chi connectivity index (χ0v) is 17.6. The minimum atomic E-state index is -0.773. The second-order valence-electron chi connectivity index (χ2n) is 7.55. The van der Waals surface area contributed by atoms with Crippen molar-refractivity contribution in [3.05, 3.63) is 101 Å². The number of rotatable bonds is 6. The molecule has 6 heteroatoms. The van der Waals surface area contributed by atoms with Crippen molar-refractivity contribution in [2.45, 2.75) is 12.5 Å². The number of likely N-dealkylation sites (tertiary alicyclic amines) is 1. The van der Waals surface area contributed by atoms with Crippen LogP contribution in [0.2, 0.25) is 0 Å². The molecule has 0 saturated carbocycles. The van der Waals surface area contributed by atoms with Crippen molar-refractivity contribution in [2.24, 2.45) is 0 Å². The molecule has 1 fully saturated rings. The first-order valence-corrected chi connectivity index (χ1v) is 10.3. The van der Waals surface area contributed by atoms with Crippen LogP contribution >= 0.6 is 0 Å². The smallest absolute Gasteiger partial charge is 0.295 e.